The number of nitrogens with one attached hydrogen (secondary N) is 3. The lowest BCUT2D eigenvalue weighted by Crippen LogP contribution is -2.19. The summed E-state index contributed by atoms with van der Waals surface area (Å²) in [6.45, 7) is 0. The smallest absolute Gasteiger partial charge is 0.175 e. The van der Waals surface area contributed by atoms with E-state index in [0.29, 0.717) is 21.0 Å². The van der Waals surface area contributed by atoms with Gasteiger partial charge in [-0.15, -0.1) is 0 Å². The number of benzene rings is 3. The molecule has 0 aliphatic heterocycles. The van der Waals surface area contributed by atoms with Crippen molar-refractivity contribution in [1.82, 2.24) is 9.97 Å². The van der Waals surface area contributed by atoms with Crippen molar-refractivity contribution >= 4 is 90.2 Å². The number of hydrogen-bond acceptors (Lipinski definition) is 4. The van der Waals surface area contributed by atoms with Crippen LogP contribution < -0.4 is 16.0 Å². The van der Waals surface area contributed by atoms with E-state index in [0.717, 1.165) is 32.4 Å². The summed E-state index contributed by atoms with van der Waals surface area (Å²) in [5, 5.41) is 11.8. The van der Waals surface area contributed by atoms with Gasteiger partial charge in [-0.2, -0.15) is 0 Å². The molecule has 30 heavy (non-hydrogen) atoms. The highest BCUT2D eigenvalue weighted by Gasteiger charge is 2.08. The van der Waals surface area contributed by atoms with Gasteiger partial charge in [-0.1, -0.05) is 45.2 Å². The van der Waals surface area contributed by atoms with Crippen LogP contribution in [0, 0.1) is 0 Å². The summed E-state index contributed by atoms with van der Waals surface area (Å²) in [5.41, 5.74) is 3.27. The topological polar surface area (TPSA) is 61.9 Å². The first kappa shape index (κ1) is 20.8. The van der Waals surface area contributed by atoms with Crippen LogP contribution in [-0.4, -0.2) is 15.1 Å². The average molecular weight is 519 g/mol. The van der Waals surface area contributed by atoms with Gasteiger partial charge in [0.2, 0.25) is 0 Å². The monoisotopic (exact) mass is 517 g/mol. The first-order valence-electron chi connectivity index (χ1n) is 8.78. The van der Waals surface area contributed by atoms with Gasteiger partial charge in [0.1, 0.15) is 12.1 Å². The largest absolute Gasteiger partial charge is 0.340 e. The molecular weight excluding hydrogens is 505 g/mol. The van der Waals surface area contributed by atoms with Crippen LogP contribution in [0.5, 0.6) is 0 Å². The van der Waals surface area contributed by atoms with Crippen LogP contribution in [0.2, 0.25) is 10.0 Å². The molecular formula is C21H14BrCl2N5S. The van der Waals surface area contributed by atoms with Crippen LogP contribution in [-0.2, 0) is 0 Å². The van der Waals surface area contributed by atoms with Crippen LogP contribution in [0.1, 0.15) is 0 Å². The zero-order valence-corrected chi connectivity index (χ0v) is 19.2. The maximum atomic E-state index is 6.06. The predicted octanol–water partition coefficient (Wildman–Crippen LogP) is 7.25. The van der Waals surface area contributed by atoms with E-state index in [4.69, 9.17) is 35.4 Å². The van der Waals surface area contributed by atoms with E-state index in [1.807, 2.05) is 42.5 Å². The molecule has 4 rings (SSSR count). The molecule has 0 aliphatic carbocycles. The second kappa shape index (κ2) is 9.14. The van der Waals surface area contributed by atoms with Crippen molar-refractivity contribution in [2.24, 2.45) is 0 Å². The minimum absolute atomic E-state index is 0.422. The van der Waals surface area contributed by atoms with Crippen molar-refractivity contribution in [1.29, 1.82) is 0 Å². The Morgan fingerprint density at radius 3 is 2.37 bits per heavy atom. The normalized spacial score (nSPS) is 10.6. The van der Waals surface area contributed by atoms with Crippen molar-refractivity contribution in [2.45, 2.75) is 0 Å². The van der Waals surface area contributed by atoms with Gasteiger partial charge in [0.15, 0.2) is 5.11 Å². The van der Waals surface area contributed by atoms with Gasteiger partial charge in [0.25, 0.3) is 0 Å². The van der Waals surface area contributed by atoms with Crippen molar-refractivity contribution in [3.05, 3.63) is 81.5 Å². The summed E-state index contributed by atoms with van der Waals surface area (Å²) in [7, 11) is 0. The van der Waals surface area contributed by atoms with Gasteiger partial charge >= 0.3 is 0 Å². The lowest BCUT2D eigenvalue weighted by atomic mass is 10.2. The SMILES string of the molecule is S=C(Nc1ccc(Cl)c(Cl)c1)Nc1ccc2ncnc(Nc3cccc(Br)c3)c2c1. The molecule has 0 fully saturated rings. The first-order chi connectivity index (χ1) is 14.5. The molecule has 0 atom stereocenters. The van der Waals surface area contributed by atoms with Gasteiger partial charge in [0.05, 0.1) is 15.6 Å². The Morgan fingerprint density at radius 1 is 0.833 bits per heavy atom. The van der Waals surface area contributed by atoms with Crippen LogP contribution in [0.3, 0.4) is 0 Å². The molecule has 9 heteroatoms. The highest BCUT2D eigenvalue weighted by Crippen LogP contribution is 2.28. The van der Waals surface area contributed by atoms with E-state index in [1.54, 1.807) is 18.2 Å². The zero-order chi connectivity index (χ0) is 21.1. The third kappa shape index (κ3) is 4.99. The Bertz CT molecular complexity index is 1250. The summed E-state index contributed by atoms with van der Waals surface area (Å²) >= 11 is 20.9. The molecule has 0 bridgehead atoms. The molecule has 0 radical (unpaired) electrons. The quantitative estimate of drug-likeness (QED) is 0.247. The van der Waals surface area contributed by atoms with Crippen LogP contribution in [0.25, 0.3) is 10.9 Å². The number of anilines is 4. The summed E-state index contributed by atoms with van der Waals surface area (Å²) in [5.74, 6) is 0.699. The maximum Gasteiger partial charge on any atom is 0.175 e. The molecule has 0 unspecified atom stereocenters. The summed E-state index contributed by atoms with van der Waals surface area (Å²) in [6, 6.07) is 18.9. The van der Waals surface area contributed by atoms with Gasteiger partial charge in [-0.25, -0.2) is 9.97 Å². The molecule has 1 aromatic heterocycles. The van der Waals surface area contributed by atoms with Crippen LogP contribution in [0.4, 0.5) is 22.9 Å². The van der Waals surface area contributed by atoms with E-state index < -0.39 is 0 Å². The predicted molar refractivity (Wildman–Crippen MR) is 133 cm³/mol. The Morgan fingerprint density at radius 2 is 1.60 bits per heavy atom. The standard InChI is InChI=1S/C21H14BrCl2N5S/c22-12-2-1-3-13(8-12)27-20-16-9-14(5-7-19(16)25-11-26-20)28-21(30)29-15-4-6-17(23)18(24)10-15/h1-11H,(H,25,26,27)(H2,28,29,30). The molecule has 1 heterocycles. The van der Waals surface area contributed by atoms with E-state index in [2.05, 4.69) is 41.8 Å². The number of aromatic nitrogens is 2. The molecule has 3 aromatic carbocycles. The van der Waals surface area contributed by atoms with Crippen LogP contribution in [0.15, 0.2) is 71.5 Å². The molecule has 0 amide bonds. The highest BCUT2D eigenvalue weighted by molar-refractivity contribution is 9.10. The van der Waals surface area contributed by atoms with Gasteiger partial charge in [-0.05, 0) is 66.8 Å². The molecule has 3 N–H and O–H groups in total. The van der Waals surface area contributed by atoms with Gasteiger partial charge < -0.3 is 16.0 Å². The fourth-order valence-corrected chi connectivity index (χ4v) is 3.74. The minimum Gasteiger partial charge on any atom is -0.340 e. The minimum atomic E-state index is 0.422. The number of rotatable bonds is 4. The molecule has 4 aromatic rings. The summed E-state index contributed by atoms with van der Waals surface area (Å²) < 4.78 is 0.979. The van der Waals surface area contributed by atoms with Crippen LogP contribution >= 0.6 is 51.3 Å². The van der Waals surface area contributed by atoms with Crippen molar-refractivity contribution in [2.75, 3.05) is 16.0 Å². The van der Waals surface area contributed by atoms with E-state index >= 15 is 0 Å². The number of halogens is 3. The summed E-state index contributed by atoms with van der Waals surface area (Å²) in [6.07, 6.45) is 1.53. The Hall–Kier alpha value is -2.45. The second-order valence-corrected chi connectivity index (χ2v) is 8.44. The lowest BCUT2D eigenvalue weighted by molar-refractivity contribution is 1.22. The molecule has 150 valence electrons. The van der Waals surface area contributed by atoms with Gasteiger partial charge in [-0.3, -0.25) is 0 Å². The Labute approximate surface area is 197 Å². The number of nitrogens with zero attached hydrogens (tertiary/aromatic N) is 2. The fourth-order valence-electron chi connectivity index (χ4n) is 2.80. The van der Waals surface area contributed by atoms with E-state index in [1.165, 1.54) is 6.33 Å². The molecule has 5 nitrogen and oxygen atoms in total. The van der Waals surface area contributed by atoms with E-state index in [-0.39, 0.29) is 0 Å². The molecule has 0 saturated carbocycles. The van der Waals surface area contributed by atoms with Crippen molar-refractivity contribution < 1.29 is 0 Å². The Balaban J connectivity index is 1.56. The first-order valence-corrected chi connectivity index (χ1v) is 10.7. The van der Waals surface area contributed by atoms with Crippen molar-refractivity contribution in [3.63, 3.8) is 0 Å². The molecule has 0 saturated heterocycles. The molecule has 0 aliphatic rings. The highest BCUT2D eigenvalue weighted by atomic mass is 79.9. The lowest BCUT2D eigenvalue weighted by Gasteiger charge is -2.13. The number of fused-ring (bicyclic) bond motifs is 1. The average Bonchev–Trinajstić information content (AvgIpc) is 2.71. The third-order valence-electron chi connectivity index (χ3n) is 4.16. The number of hydrogen-bond donors (Lipinski definition) is 3. The summed E-state index contributed by atoms with van der Waals surface area (Å²) in [4.78, 5) is 8.74. The third-order valence-corrected chi connectivity index (χ3v) is 5.59. The van der Waals surface area contributed by atoms with Crippen molar-refractivity contribution in [3.8, 4) is 0 Å². The van der Waals surface area contributed by atoms with Gasteiger partial charge in [0, 0.05) is 26.9 Å². The Kier molecular flexibility index (Phi) is 6.34. The second-order valence-electron chi connectivity index (χ2n) is 6.30. The van der Waals surface area contributed by atoms with E-state index in [9.17, 15) is 0 Å². The number of thiocarbonyl (C=S) groups is 1. The fraction of sp³-hybridized carbons (Fsp3) is 0. The zero-order valence-electron chi connectivity index (χ0n) is 15.3. The molecule has 0 spiro atoms. The maximum absolute atomic E-state index is 6.06.